The van der Waals surface area contributed by atoms with Gasteiger partial charge in [0.1, 0.15) is 11.6 Å². The molecule has 0 aliphatic heterocycles. The molecule has 0 aromatic heterocycles. The van der Waals surface area contributed by atoms with E-state index in [9.17, 15) is 4.39 Å². The molecule has 0 aliphatic rings. The Kier molecular flexibility index (Phi) is 4.80. The molecule has 15 heavy (non-hydrogen) atoms. The van der Waals surface area contributed by atoms with Gasteiger partial charge in [-0.25, -0.2) is 4.39 Å². The van der Waals surface area contributed by atoms with Gasteiger partial charge in [-0.3, -0.25) is 0 Å². The van der Waals surface area contributed by atoms with Crippen LogP contribution in [0.1, 0.15) is 5.56 Å². The zero-order chi connectivity index (χ0) is 11.1. The van der Waals surface area contributed by atoms with E-state index >= 15 is 0 Å². The Morgan fingerprint density at radius 1 is 1.47 bits per heavy atom. The third-order valence-corrected chi connectivity index (χ3v) is 1.72. The molecule has 0 heterocycles. The lowest BCUT2D eigenvalue weighted by atomic mass is 10.2. The number of rotatable bonds is 5. The minimum atomic E-state index is -0.395. The number of hydrogen-bond donors (Lipinski definition) is 1. The van der Waals surface area contributed by atoms with Gasteiger partial charge in [0.2, 0.25) is 0 Å². The highest BCUT2D eigenvalue weighted by Gasteiger charge is 2.01. The Morgan fingerprint density at radius 3 is 2.87 bits per heavy atom. The van der Waals surface area contributed by atoms with Crippen LogP contribution in [0.2, 0.25) is 0 Å². The molecule has 0 aliphatic carbocycles. The van der Waals surface area contributed by atoms with Crippen molar-refractivity contribution in [2.45, 2.75) is 0 Å². The summed E-state index contributed by atoms with van der Waals surface area (Å²) in [7, 11) is 1.49. The summed E-state index contributed by atoms with van der Waals surface area (Å²) in [5.74, 6) is 0.0174. The number of aliphatic hydroxyl groups is 1. The molecule has 0 spiro atoms. The molecule has 82 valence electrons. The van der Waals surface area contributed by atoms with Crippen LogP contribution < -0.4 is 4.74 Å². The van der Waals surface area contributed by atoms with Crippen molar-refractivity contribution >= 4 is 6.08 Å². The van der Waals surface area contributed by atoms with Crippen LogP contribution in [-0.2, 0) is 4.74 Å². The predicted molar refractivity (Wildman–Crippen MR) is 55.0 cm³/mol. The monoisotopic (exact) mass is 212 g/mol. The van der Waals surface area contributed by atoms with E-state index in [1.807, 2.05) is 0 Å². The Labute approximate surface area is 87.8 Å². The molecule has 0 atom stereocenters. The van der Waals surface area contributed by atoms with E-state index in [1.54, 1.807) is 12.1 Å². The van der Waals surface area contributed by atoms with Gasteiger partial charge in [-0.15, -0.1) is 0 Å². The summed E-state index contributed by atoms with van der Waals surface area (Å²) in [6.07, 6.45) is 2.98. The molecule has 0 amide bonds. The Bertz CT molecular complexity index is 337. The van der Waals surface area contributed by atoms with Crippen molar-refractivity contribution in [3.8, 4) is 5.75 Å². The molecule has 4 heteroatoms. The largest absolute Gasteiger partial charge is 0.467 e. The van der Waals surface area contributed by atoms with Crippen LogP contribution in [0, 0.1) is 5.82 Å². The second-order valence-electron chi connectivity index (χ2n) is 2.82. The first kappa shape index (κ1) is 11.7. The number of hydrogen-bond acceptors (Lipinski definition) is 3. The number of ether oxygens (including phenoxy) is 2. The minimum Gasteiger partial charge on any atom is -0.467 e. The molecule has 0 radical (unpaired) electrons. The minimum absolute atomic E-state index is 0.0886. The van der Waals surface area contributed by atoms with E-state index in [0.29, 0.717) is 11.3 Å². The lowest BCUT2D eigenvalue weighted by Gasteiger charge is -2.05. The molecule has 1 N–H and O–H groups in total. The van der Waals surface area contributed by atoms with Crippen LogP contribution in [0.25, 0.3) is 6.08 Å². The average Bonchev–Trinajstić information content (AvgIpc) is 2.25. The molecule has 0 saturated carbocycles. The van der Waals surface area contributed by atoms with E-state index in [-0.39, 0.29) is 13.4 Å². The number of methoxy groups -OCH3 is 1. The van der Waals surface area contributed by atoms with Crippen molar-refractivity contribution in [2.24, 2.45) is 0 Å². The molecule has 1 aromatic carbocycles. The summed E-state index contributed by atoms with van der Waals surface area (Å²) in [6, 6.07) is 4.49. The van der Waals surface area contributed by atoms with Crippen molar-refractivity contribution in [1.82, 2.24) is 0 Å². The van der Waals surface area contributed by atoms with Crippen molar-refractivity contribution in [2.75, 3.05) is 20.5 Å². The van der Waals surface area contributed by atoms with Gasteiger partial charge in [-0.2, -0.15) is 0 Å². The first-order chi connectivity index (χ1) is 7.27. The number of benzene rings is 1. The molecule has 0 unspecified atom stereocenters. The van der Waals surface area contributed by atoms with Crippen molar-refractivity contribution in [3.05, 3.63) is 35.7 Å². The van der Waals surface area contributed by atoms with Gasteiger partial charge in [0.15, 0.2) is 6.79 Å². The fourth-order valence-electron chi connectivity index (χ4n) is 1.04. The summed E-state index contributed by atoms with van der Waals surface area (Å²) in [6.45, 7) is -0.0212. The summed E-state index contributed by atoms with van der Waals surface area (Å²) in [5, 5.41) is 8.54. The molecule has 0 saturated heterocycles. The third-order valence-electron chi connectivity index (χ3n) is 1.72. The molecule has 1 aromatic rings. The number of aliphatic hydroxyl groups excluding tert-OH is 1. The SMILES string of the molecule is COCOc1ccc(C=CCO)c(F)c1. The highest BCUT2D eigenvalue weighted by Crippen LogP contribution is 2.17. The average molecular weight is 212 g/mol. The van der Waals surface area contributed by atoms with E-state index < -0.39 is 5.82 Å². The Morgan fingerprint density at radius 2 is 2.27 bits per heavy atom. The molecular formula is C11H13FO3. The fraction of sp³-hybridized carbons (Fsp3) is 0.273. The van der Waals surface area contributed by atoms with Gasteiger partial charge >= 0.3 is 0 Å². The quantitative estimate of drug-likeness (QED) is 0.756. The first-order valence-electron chi connectivity index (χ1n) is 4.46. The van der Waals surface area contributed by atoms with E-state index in [0.717, 1.165) is 0 Å². The predicted octanol–water partition coefficient (Wildman–Crippen LogP) is 1.81. The van der Waals surface area contributed by atoms with Gasteiger partial charge in [0.25, 0.3) is 0 Å². The Balaban J connectivity index is 2.74. The van der Waals surface area contributed by atoms with Crippen molar-refractivity contribution in [3.63, 3.8) is 0 Å². The molecule has 3 nitrogen and oxygen atoms in total. The van der Waals surface area contributed by atoms with E-state index in [4.69, 9.17) is 9.84 Å². The number of halogens is 1. The summed E-state index contributed by atoms with van der Waals surface area (Å²) in [4.78, 5) is 0. The maximum absolute atomic E-state index is 13.3. The maximum atomic E-state index is 13.3. The smallest absolute Gasteiger partial charge is 0.188 e. The van der Waals surface area contributed by atoms with Gasteiger partial charge < -0.3 is 14.6 Å². The molecule has 1 rings (SSSR count). The first-order valence-corrected chi connectivity index (χ1v) is 4.46. The molecular weight excluding hydrogens is 199 g/mol. The normalized spacial score (nSPS) is 10.9. The lowest BCUT2D eigenvalue weighted by molar-refractivity contribution is 0.0509. The fourth-order valence-corrected chi connectivity index (χ4v) is 1.04. The van der Waals surface area contributed by atoms with Crippen LogP contribution in [0.4, 0.5) is 4.39 Å². The third kappa shape index (κ3) is 3.69. The maximum Gasteiger partial charge on any atom is 0.188 e. The van der Waals surface area contributed by atoms with Gasteiger partial charge in [0.05, 0.1) is 6.61 Å². The van der Waals surface area contributed by atoms with E-state index in [2.05, 4.69) is 4.74 Å². The highest BCUT2D eigenvalue weighted by molar-refractivity contribution is 5.51. The zero-order valence-corrected chi connectivity index (χ0v) is 8.44. The van der Waals surface area contributed by atoms with Crippen molar-refractivity contribution < 1.29 is 19.0 Å². The van der Waals surface area contributed by atoms with Crippen molar-refractivity contribution in [1.29, 1.82) is 0 Å². The topological polar surface area (TPSA) is 38.7 Å². The van der Waals surface area contributed by atoms with Gasteiger partial charge in [-0.05, 0) is 12.1 Å². The van der Waals surface area contributed by atoms with Gasteiger partial charge in [-0.1, -0.05) is 12.2 Å². The summed E-state index contributed by atoms with van der Waals surface area (Å²) < 4.78 is 23.1. The lowest BCUT2D eigenvalue weighted by Crippen LogP contribution is -1.99. The van der Waals surface area contributed by atoms with Crippen LogP contribution in [0.3, 0.4) is 0 Å². The molecule has 0 fully saturated rings. The summed E-state index contributed by atoms with van der Waals surface area (Å²) in [5.41, 5.74) is 0.411. The zero-order valence-electron chi connectivity index (χ0n) is 8.44. The second kappa shape index (κ2) is 6.16. The second-order valence-corrected chi connectivity index (χ2v) is 2.82. The van der Waals surface area contributed by atoms with Crippen LogP contribution in [0.15, 0.2) is 24.3 Å². The Hall–Kier alpha value is -1.39. The standard InChI is InChI=1S/C11H13FO3/c1-14-8-15-10-5-4-9(3-2-6-13)11(12)7-10/h2-5,7,13H,6,8H2,1H3. The molecule has 0 bridgehead atoms. The van der Waals surface area contributed by atoms with Gasteiger partial charge in [0, 0.05) is 18.7 Å². The van der Waals surface area contributed by atoms with Crippen LogP contribution in [-0.4, -0.2) is 25.6 Å². The van der Waals surface area contributed by atoms with Crippen LogP contribution in [0.5, 0.6) is 5.75 Å². The van der Waals surface area contributed by atoms with E-state index in [1.165, 1.54) is 25.3 Å². The highest BCUT2D eigenvalue weighted by atomic mass is 19.1. The summed E-state index contributed by atoms with van der Waals surface area (Å²) >= 11 is 0. The van der Waals surface area contributed by atoms with Crippen LogP contribution >= 0.6 is 0 Å².